The molecule has 0 heterocycles. The largest absolute Gasteiger partial charge is 0.495 e. The Balaban J connectivity index is 1.90. The minimum atomic E-state index is -4.17. The molecular weight excluding hydrogens is 466 g/mol. The highest BCUT2D eigenvalue weighted by molar-refractivity contribution is 7.92. The Morgan fingerprint density at radius 2 is 1.68 bits per heavy atom. The lowest BCUT2D eigenvalue weighted by Gasteiger charge is -2.12. The van der Waals surface area contributed by atoms with Crippen molar-refractivity contribution >= 4 is 38.5 Å². The second kappa shape index (κ2) is 9.95. The SMILES string of the molecule is COc1ccccc1NS(=O)(=O)c1ccc(NN=C(C)c2cccc([N+](=O)[O-])c2)c([N+](=O)[O-])c1. The number of nitro groups is 2. The minimum Gasteiger partial charge on any atom is -0.495 e. The third kappa shape index (κ3) is 5.45. The maximum atomic E-state index is 12.8. The van der Waals surface area contributed by atoms with E-state index in [-0.39, 0.29) is 27.7 Å². The second-order valence-electron chi connectivity index (χ2n) is 6.86. The number of nitrogens with one attached hydrogen (secondary N) is 2. The normalized spacial score (nSPS) is 11.5. The fourth-order valence-corrected chi connectivity index (χ4v) is 4.00. The number of nitrogens with zero attached hydrogens (tertiary/aromatic N) is 3. The molecule has 0 spiro atoms. The molecule has 176 valence electrons. The summed E-state index contributed by atoms with van der Waals surface area (Å²) < 4.78 is 33.1. The Bertz CT molecular complexity index is 1390. The molecule has 0 saturated heterocycles. The van der Waals surface area contributed by atoms with Crippen molar-refractivity contribution in [1.29, 1.82) is 0 Å². The summed E-state index contributed by atoms with van der Waals surface area (Å²) >= 11 is 0. The van der Waals surface area contributed by atoms with Gasteiger partial charge in [0.15, 0.2) is 0 Å². The van der Waals surface area contributed by atoms with E-state index in [9.17, 15) is 28.6 Å². The molecule has 3 aromatic rings. The van der Waals surface area contributed by atoms with Gasteiger partial charge in [-0.05, 0) is 31.2 Å². The fraction of sp³-hybridized carbons (Fsp3) is 0.0952. The molecule has 0 bridgehead atoms. The van der Waals surface area contributed by atoms with Crippen molar-refractivity contribution in [2.24, 2.45) is 5.10 Å². The number of hydrogen-bond donors (Lipinski definition) is 2. The Hall–Kier alpha value is -4.52. The summed E-state index contributed by atoms with van der Waals surface area (Å²) in [6.07, 6.45) is 0. The molecule has 13 heteroatoms. The summed E-state index contributed by atoms with van der Waals surface area (Å²) in [5.41, 5.74) is 2.74. The van der Waals surface area contributed by atoms with Crippen molar-refractivity contribution in [3.8, 4) is 5.75 Å². The van der Waals surface area contributed by atoms with Gasteiger partial charge < -0.3 is 4.74 Å². The van der Waals surface area contributed by atoms with E-state index in [1.807, 2.05) is 0 Å². The number of hydrazone groups is 1. The molecule has 0 aliphatic heterocycles. The van der Waals surface area contributed by atoms with E-state index in [0.717, 1.165) is 6.07 Å². The van der Waals surface area contributed by atoms with Gasteiger partial charge in [-0.15, -0.1) is 0 Å². The number of methoxy groups -OCH3 is 1. The fourth-order valence-electron chi connectivity index (χ4n) is 2.91. The number of hydrogen-bond acceptors (Lipinski definition) is 9. The number of sulfonamides is 1. The standard InChI is InChI=1S/C21H19N5O7S/c1-14(15-6-5-7-16(12-15)25(27)28)22-23-18-11-10-17(13-20(18)26(29)30)34(31,32)24-19-8-3-4-9-21(19)33-2/h3-13,23-24H,1-2H3. The highest BCUT2D eigenvalue weighted by Crippen LogP contribution is 2.31. The number of nitro benzene ring substituents is 2. The molecule has 34 heavy (non-hydrogen) atoms. The van der Waals surface area contributed by atoms with E-state index in [4.69, 9.17) is 4.74 Å². The predicted octanol–water partition coefficient (Wildman–Crippen LogP) is 4.15. The van der Waals surface area contributed by atoms with Crippen molar-refractivity contribution in [3.05, 3.63) is 92.5 Å². The van der Waals surface area contributed by atoms with Gasteiger partial charge in [-0.1, -0.05) is 24.3 Å². The second-order valence-corrected chi connectivity index (χ2v) is 8.54. The van der Waals surface area contributed by atoms with Crippen LogP contribution in [0.15, 0.2) is 76.7 Å². The molecule has 2 N–H and O–H groups in total. The topological polar surface area (TPSA) is 166 Å². The first-order chi connectivity index (χ1) is 16.1. The summed E-state index contributed by atoms with van der Waals surface area (Å²) in [5.74, 6) is 0.282. The van der Waals surface area contributed by atoms with Crippen LogP contribution < -0.4 is 14.9 Å². The number of rotatable bonds is 9. The molecule has 0 aromatic heterocycles. The van der Waals surface area contributed by atoms with Crippen LogP contribution in [0.2, 0.25) is 0 Å². The van der Waals surface area contributed by atoms with E-state index in [0.29, 0.717) is 11.3 Å². The zero-order valence-corrected chi connectivity index (χ0v) is 18.8. The van der Waals surface area contributed by atoms with Crippen LogP contribution in [0.1, 0.15) is 12.5 Å². The first-order valence-corrected chi connectivity index (χ1v) is 11.1. The number of ether oxygens (including phenoxy) is 1. The van der Waals surface area contributed by atoms with Crippen LogP contribution in [-0.4, -0.2) is 31.1 Å². The van der Waals surface area contributed by atoms with Gasteiger partial charge in [0.1, 0.15) is 11.4 Å². The Morgan fingerprint density at radius 3 is 2.35 bits per heavy atom. The summed E-state index contributed by atoms with van der Waals surface area (Å²) in [6, 6.07) is 15.4. The summed E-state index contributed by atoms with van der Waals surface area (Å²) in [7, 11) is -2.78. The highest BCUT2D eigenvalue weighted by Gasteiger charge is 2.22. The first-order valence-electron chi connectivity index (χ1n) is 9.62. The van der Waals surface area contributed by atoms with Gasteiger partial charge in [-0.3, -0.25) is 30.4 Å². The Morgan fingerprint density at radius 1 is 0.941 bits per heavy atom. The summed E-state index contributed by atoms with van der Waals surface area (Å²) in [6.45, 7) is 1.56. The van der Waals surface area contributed by atoms with Crippen molar-refractivity contribution in [2.75, 3.05) is 17.3 Å². The smallest absolute Gasteiger partial charge is 0.295 e. The molecule has 0 atom stereocenters. The molecule has 0 aliphatic carbocycles. The number of benzene rings is 3. The number of anilines is 2. The van der Waals surface area contributed by atoms with Crippen LogP contribution in [-0.2, 0) is 10.0 Å². The van der Waals surface area contributed by atoms with Gasteiger partial charge in [0.2, 0.25) is 0 Å². The minimum absolute atomic E-state index is 0.0639. The van der Waals surface area contributed by atoms with Crippen molar-refractivity contribution < 1.29 is 23.0 Å². The van der Waals surface area contributed by atoms with Crippen LogP contribution in [0, 0.1) is 20.2 Å². The average molecular weight is 485 g/mol. The molecule has 0 aliphatic rings. The van der Waals surface area contributed by atoms with Gasteiger partial charge in [0, 0.05) is 23.8 Å². The predicted molar refractivity (Wildman–Crippen MR) is 126 cm³/mol. The lowest BCUT2D eigenvalue weighted by Crippen LogP contribution is -2.14. The summed E-state index contributed by atoms with van der Waals surface area (Å²) in [5, 5.41) is 26.6. The van der Waals surface area contributed by atoms with Gasteiger partial charge in [0.05, 0.1) is 33.3 Å². The van der Waals surface area contributed by atoms with E-state index in [2.05, 4.69) is 15.2 Å². The van der Waals surface area contributed by atoms with E-state index in [1.165, 1.54) is 43.5 Å². The van der Waals surface area contributed by atoms with Gasteiger partial charge in [-0.2, -0.15) is 5.10 Å². The Kier molecular flexibility index (Phi) is 7.06. The van der Waals surface area contributed by atoms with Gasteiger partial charge >= 0.3 is 0 Å². The molecule has 0 saturated carbocycles. The molecule has 12 nitrogen and oxygen atoms in total. The molecule has 0 amide bonds. The average Bonchev–Trinajstić information content (AvgIpc) is 2.82. The zero-order chi connectivity index (χ0) is 24.9. The van der Waals surface area contributed by atoms with Crippen molar-refractivity contribution in [3.63, 3.8) is 0 Å². The molecule has 3 rings (SSSR count). The third-order valence-corrected chi connectivity index (χ3v) is 6.01. The molecule has 0 unspecified atom stereocenters. The molecule has 3 aromatic carbocycles. The van der Waals surface area contributed by atoms with Crippen molar-refractivity contribution in [1.82, 2.24) is 0 Å². The van der Waals surface area contributed by atoms with Crippen LogP contribution >= 0.6 is 0 Å². The first kappa shape index (κ1) is 24.1. The monoisotopic (exact) mass is 485 g/mol. The highest BCUT2D eigenvalue weighted by atomic mass is 32.2. The van der Waals surface area contributed by atoms with Gasteiger partial charge in [0.25, 0.3) is 21.4 Å². The van der Waals surface area contributed by atoms with Crippen LogP contribution in [0.5, 0.6) is 5.75 Å². The lowest BCUT2D eigenvalue weighted by molar-refractivity contribution is -0.384. The number of para-hydroxylation sites is 2. The van der Waals surface area contributed by atoms with Crippen LogP contribution in [0.25, 0.3) is 0 Å². The van der Waals surface area contributed by atoms with E-state index in [1.54, 1.807) is 31.2 Å². The maximum Gasteiger partial charge on any atom is 0.295 e. The number of non-ortho nitro benzene ring substituents is 1. The van der Waals surface area contributed by atoms with E-state index >= 15 is 0 Å². The zero-order valence-electron chi connectivity index (χ0n) is 18.0. The van der Waals surface area contributed by atoms with E-state index < -0.39 is 25.6 Å². The van der Waals surface area contributed by atoms with Crippen molar-refractivity contribution in [2.45, 2.75) is 11.8 Å². The molecule has 0 radical (unpaired) electrons. The summed E-state index contributed by atoms with van der Waals surface area (Å²) in [4.78, 5) is 20.9. The lowest BCUT2D eigenvalue weighted by atomic mass is 10.1. The third-order valence-electron chi connectivity index (χ3n) is 4.65. The quantitative estimate of drug-likeness (QED) is 0.259. The van der Waals surface area contributed by atoms with Crippen LogP contribution in [0.3, 0.4) is 0 Å². The Labute approximate surface area is 194 Å². The maximum absolute atomic E-state index is 12.8. The van der Waals surface area contributed by atoms with Gasteiger partial charge in [-0.25, -0.2) is 8.42 Å². The molecular formula is C21H19N5O7S. The molecule has 0 fully saturated rings. The van der Waals surface area contributed by atoms with Crippen LogP contribution in [0.4, 0.5) is 22.7 Å².